The number of hydrogen-bond acceptors (Lipinski definition) is 4. The van der Waals surface area contributed by atoms with Crippen molar-refractivity contribution in [1.29, 1.82) is 0 Å². The summed E-state index contributed by atoms with van der Waals surface area (Å²) in [5.74, 6) is 0. The number of nitrogens with zero attached hydrogens (tertiary/aromatic N) is 2. The third kappa shape index (κ3) is 1.52. The van der Waals surface area contributed by atoms with Gasteiger partial charge in [-0.1, -0.05) is 18.2 Å². The lowest BCUT2D eigenvalue weighted by Gasteiger charge is -2.10. The van der Waals surface area contributed by atoms with Crippen LogP contribution in [0.2, 0.25) is 0 Å². The molecule has 56 valence electrons. The van der Waals surface area contributed by atoms with E-state index in [4.69, 9.17) is 0 Å². The maximum absolute atomic E-state index is 4.02. The van der Waals surface area contributed by atoms with Crippen LogP contribution >= 0.6 is 24.1 Å². The quantitative estimate of drug-likeness (QED) is 0.621. The maximum atomic E-state index is 4.02. The Morgan fingerprint density at radius 1 is 1.18 bits per heavy atom. The van der Waals surface area contributed by atoms with Crippen molar-refractivity contribution in [3.8, 4) is 0 Å². The van der Waals surface area contributed by atoms with Crippen LogP contribution in [0.1, 0.15) is 0 Å². The summed E-state index contributed by atoms with van der Waals surface area (Å²) in [6.45, 7) is 0. The first-order valence-electron chi connectivity index (χ1n) is 3.18. The molecule has 1 aliphatic rings. The van der Waals surface area contributed by atoms with Crippen LogP contribution in [-0.4, -0.2) is 5.55 Å². The second-order valence-electron chi connectivity index (χ2n) is 1.99. The molecule has 1 heterocycles. The molecule has 0 N–H and O–H groups in total. The fourth-order valence-corrected chi connectivity index (χ4v) is 2.12. The van der Waals surface area contributed by atoms with Crippen molar-refractivity contribution in [3.63, 3.8) is 0 Å². The molecule has 0 aliphatic carbocycles. The summed E-state index contributed by atoms with van der Waals surface area (Å²) in [6, 6.07) is 10.2. The molecule has 0 fully saturated rings. The Hall–Kier alpha value is -0.610. The molecule has 1 aliphatic heterocycles. The van der Waals surface area contributed by atoms with E-state index in [1.807, 2.05) is 23.7 Å². The Morgan fingerprint density at radius 3 is 2.64 bits per heavy atom. The van der Waals surface area contributed by atoms with Crippen LogP contribution in [0.3, 0.4) is 0 Å². The summed E-state index contributed by atoms with van der Waals surface area (Å²) in [5.41, 5.74) is 3.01. The van der Waals surface area contributed by atoms with E-state index < -0.39 is 0 Å². The Labute approximate surface area is 74.1 Å². The van der Waals surface area contributed by atoms with Crippen LogP contribution in [0.4, 0.5) is 5.69 Å². The van der Waals surface area contributed by atoms with Gasteiger partial charge >= 0.3 is 0 Å². The average molecular weight is 182 g/mol. The molecule has 0 aromatic heterocycles. The van der Waals surface area contributed by atoms with Gasteiger partial charge in [-0.25, -0.2) is 3.71 Å². The third-order valence-electron chi connectivity index (χ3n) is 1.27. The zero-order valence-electron chi connectivity index (χ0n) is 5.68. The zero-order chi connectivity index (χ0) is 7.52. The molecular weight excluding hydrogens is 176 g/mol. The lowest BCUT2D eigenvalue weighted by atomic mass is 10.3. The van der Waals surface area contributed by atoms with Gasteiger partial charge in [-0.2, -0.15) is 4.40 Å². The van der Waals surface area contributed by atoms with Crippen LogP contribution in [0.15, 0.2) is 34.7 Å². The molecule has 1 aromatic carbocycles. The minimum absolute atomic E-state index is 1.18. The minimum Gasteiger partial charge on any atom is -0.233 e. The van der Waals surface area contributed by atoms with E-state index >= 15 is 0 Å². The van der Waals surface area contributed by atoms with Gasteiger partial charge in [0.05, 0.1) is 11.2 Å². The first-order chi connectivity index (χ1) is 5.47. The summed E-state index contributed by atoms with van der Waals surface area (Å²) in [5, 5.41) is 0. The van der Waals surface area contributed by atoms with Gasteiger partial charge in [0.1, 0.15) is 12.1 Å². The number of anilines is 1. The standard InChI is InChI=1S/C7H6N2S2/c1-2-4-7(5-3-1)9-10-6-8-11-9/h1-6H. The number of benzene rings is 1. The van der Waals surface area contributed by atoms with E-state index in [0.29, 0.717) is 0 Å². The van der Waals surface area contributed by atoms with Gasteiger partial charge in [0, 0.05) is 11.9 Å². The number of hydrogen-bond donors (Lipinski definition) is 0. The van der Waals surface area contributed by atoms with Crippen LogP contribution in [-0.2, 0) is 0 Å². The van der Waals surface area contributed by atoms with Gasteiger partial charge in [-0.05, 0) is 12.1 Å². The summed E-state index contributed by atoms with van der Waals surface area (Å²) < 4.78 is 6.08. The highest BCUT2D eigenvalue weighted by Crippen LogP contribution is 2.33. The normalized spacial score (nSPS) is 15.8. The molecule has 4 heteroatoms. The van der Waals surface area contributed by atoms with Crippen LogP contribution in [0, 0.1) is 0 Å². The molecular formula is C7H6N2S2. The van der Waals surface area contributed by atoms with Crippen molar-refractivity contribution in [2.75, 3.05) is 3.71 Å². The zero-order valence-corrected chi connectivity index (χ0v) is 7.31. The fraction of sp³-hybridized carbons (Fsp3) is 0. The highest BCUT2D eigenvalue weighted by Gasteiger charge is 2.09. The molecule has 0 amide bonds. The van der Waals surface area contributed by atoms with Crippen molar-refractivity contribution < 1.29 is 0 Å². The molecule has 0 unspecified atom stereocenters. The lowest BCUT2D eigenvalue weighted by Crippen LogP contribution is -1.96. The molecule has 0 atom stereocenters. The molecule has 11 heavy (non-hydrogen) atoms. The molecule has 2 nitrogen and oxygen atoms in total. The summed E-state index contributed by atoms with van der Waals surface area (Å²) in [4.78, 5) is 0. The lowest BCUT2D eigenvalue weighted by molar-refractivity contribution is 1.61. The van der Waals surface area contributed by atoms with E-state index in [9.17, 15) is 0 Å². The first-order valence-corrected chi connectivity index (χ1v) is 4.74. The van der Waals surface area contributed by atoms with Gasteiger partial charge in [-0.15, -0.1) is 0 Å². The summed E-state index contributed by atoms with van der Waals surface area (Å²) in [6.07, 6.45) is 0. The highest BCUT2D eigenvalue weighted by molar-refractivity contribution is 8.27. The fourth-order valence-electron chi connectivity index (χ4n) is 0.801. The summed E-state index contributed by atoms with van der Waals surface area (Å²) >= 11 is 3.06. The SMILES string of the molecule is C1=NSN(c2ccccc2)S1. The van der Waals surface area contributed by atoms with E-state index in [1.165, 1.54) is 17.8 Å². The van der Waals surface area contributed by atoms with Crippen molar-refractivity contribution in [2.24, 2.45) is 4.40 Å². The molecule has 2 rings (SSSR count). The Balaban J connectivity index is 2.17. The highest BCUT2D eigenvalue weighted by atomic mass is 32.2. The smallest absolute Gasteiger partial charge is 0.105 e. The van der Waals surface area contributed by atoms with E-state index in [-0.39, 0.29) is 0 Å². The van der Waals surface area contributed by atoms with Gasteiger partial charge < -0.3 is 0 Å². The molecule has 0 saturated carbocycles. The predicted octanol–water partition coefficient (Wildman–Crippen LogP) is 2.75. The van der Waals surface area contributed by atoms with Crippen LogP contribution in [0.5, 0.6) is 0 Å². The topological polar surface area (TPSA) is 15.6 Å². The van der Waals surface area contributed by atoms with Crippen molar-refractivity contribution in [2.45, 2.75) is 0 Å². The monoisotopic (exact) mass is 182 g/mol. The van der Waals surface area contributed by atoms with E-state index in [1.54, 1.807) is 11.9 Å². The Kier molecular flexibility index (Phi) is 2.05. The maximum Gasteiger partial charge on any atom is 0.105 e. The third-order valence-corrected chi connectivity index (χ3v) is 3.03. The predicted molar refractivity (Wildman–Crippen MR) is 52.6 cm³/mol. The van der Waals surface area contributed by atoms with Gasteiger partial charge in [-0.3, -0.25) is 0 Å². The number of rotatable bonds is 1. The van der Waals surface area contributed by atoms with Crippen molar-refractivity contribution in [1.82, 2.24) is 0 Å². The molecule has 0 radical (unpaired) electrons. The molecule has 0 spiro atoms. The minimum atomic E-state index is 1.18. The molecule has 1 aromatic rings. The van der Waals surface area contributed by atoms with E-state index in [0.717, 1.165) is 0 Å². The van der Waals surface area contributed by atoms with Gasteiger partial charge in [0.2, 0.25) is 0 Å². The van der Waals surface area contributed by atoms with E-state index in [2.05, 4.69) is 20.2 Å². The van der Waals surface area contributed by atoms with Gasteiger partial charge in [0.15, 0.2) is 0 Å². The average Bonchev–Trinajstić information content (AvgIpc) is 2.58. The van der Waals surface area contributed by atoms with Gasteiger partial charge in [0.25, 0.3) is 0 Å². The van der Waals surface area contributed by atoms with Crippen LogP contribution in [0.25, 0.3) is 0 Å². The number of para-hydroxylation sites is 1. The Morgan fingerprint density at radius 2 is 2.00 bits per heavy atom. The Bertz CT molecular complexity index is 252. The largest absolute Gasteiger partial charge is 0.233 e. The molecule has 0 bridgehead atoms. The van der Waals surface area contributed by atoms with Crippen molar-refractivity contribution >= 4 is 35.3 Å². The van der Waals surface area contributed by atoms with Crippen molar-refractivity contribution in [3.05, 3.63) is 30.3 Å². The second-order valence-corrected chi connectivity index (χ2v) is 3.75. The molecule has 0 saturated heterocycles. The van der Waals surface area contributed by atoms with Crippen LogP contribution < -0.4 is 3.71 Å². The first kappa shape index (κ1) is 7.06. The second kappa shape index (κ2) is 3.19. The summed E-state index contributed by atoms with van der Waals surface area (Å²) in [7, 11) is 0.